The number of amides is 1. The maximum absolute atomic E-state index is 12.4. The van der Waals surface area contributed by atoms with Crippen molar-refractivity contribution in [2.45, 2.75) is 392 Å². The molecule has 1 amide bonds. The lowest BCUT2D eigenvalue weighted by Crippen LogP contribution is -2.45. The second-order valence-corrected chi connectivity index (χ2v) is 23.5. The van der Waals surface area contributed by atoms with Crippen LogP contribution in [0.25, 0.3) is 0 Å². The zero-order valence-corrected chi connectivity index (χ0v) is 50.8. The molecule has 75 heavy (non-hydrogen) atoms. The second kappa shape index (κ2) is 64.9. The molecule has 0 saturated heterocycles. The van der Waals surface area contributed by atoms with E-state index in [1.54, 1.807) is 0 Å². The minimum absolute atomic E-state index is 0.0198. The highest BCUT2D eigenvalue weighted by molar-refractivity contribution is 5.76. The number of aliphatic hydroxyl groups is 2. The predicted molar refractivity (Wildman–Crippen MR) is 329 cm³/mol. The summed E-state index contributed by atoms with van der Waals surface area (Å²) in [6.45, 7) is 4.96. The van der Waals surface area contributed by atoms with Crippen LogP contribution in [0.3, 0.4) is 0 Å². The number of unbranched alkanes of at least 4 members (excludes halogenated alkanes) is 49. The number of hydrogen-bond acceptors (Lipinski definition) is 5. The van der Waals surface area contributed by atoms with E-state index in [9.17, 15) is 19.8 Å². The Hall–Kier alpha value is -1.66. The molecule has 444 valence electrons. The van der Waals surface area contributed by atoms with Crippen molar-refractivity contribution in [1.29, 1.82) is 0 Å². The largest absolute Gasteiger partial charge is 0.466 e. The normalized spacial score (nSPS) is 12.6. The van der Waals surface area contributed by atoms with E-state index in [0.29, 0.717) is 25.9 Å². The SMILES string of the molecule is CCCCCCCCCCCCCCC(=O)OCCCCCCCCCCCCCCC/C=C\C/C=C\CCCCCCCCCCCCCCCCCCCC(=O)NC(CO)C(O)CCCCCCCCCCC. The molecular formula is C69H133NO5. The molecule has 0 aromatic rings. The van der Waals surface area contributed by atoms with E-state index in [4.69, 9.17) is 4.74 Å². The van der Waals surface area contributed by atoms with Crippen LogP contribution < -0.4 is 5.32 Å². The summed E-state index contributed by atoms with van der Waals surface area (Å²) < 4.78 is 5.48. The van der Waals surface area contributed by atoms with Gasteiger partial charge in [0.25, 0.3) is 0 Å². The Labute approximate surface area is 469 Å². The lowest BCUT2D eigenvalue weighted by atomic mass is 10.0. The molecule has 2 unspecified atom stereocenters. The minimum atomic E-state index is -0.659. The fourth-order valence-corrected chi connectivity index (χ4v) is 10.8. The van der Waals surface area contributed by atoms with E-state index < -0.39 is 12.1 Å². The van der Waals surface area contributed by atoms with Gasteiger partial charge < -0.3 is 20.3 Å². The van der Waals surface area contributed by atoms with Crippen LogP contribution in [-0.4, -0.2) is 47.4 Å². The van der Waals surface area contributed by atoms with Gasteiger partial charge in [0, 0.05) is 12.8 Å². The van der Waals surface area contributed by atoms with Crippen LogP contribution in [0.2, 0.25) is 0 Å². The van der Waals surface area contributed by atoms with Crippen LogP contribution in [0, 0.1) is 0 Å². The Morgan fingerprint density at radius 1 is 0.373 bits per heavy atom. The summed E-state index contributed by atoms with van der Waals surface area (Å²) in [5.41, 5.74) is 0. The first kappa shape index (κ1) is 73.3. The highest BCUT2D eigenvalue weighted by Gasteiger charge is 2.20. The number of esters is 1. The zero-order valence-electron chi connectivity index (χ0n) is 50.8. The van der Waals surface area contributed by atoms with Gasteiger partial charge in [-0.3, -0.25) is 9.59 Å². The molecule has 0 aliphatic rings. The first-order valence-corrected chi connectivity index (χ1v) is 34.1. The number of carbonyl (C=O) groups is 2. The monoisotopic (exact) mass is 1060 g/mol. The minimum Gasteiger partial charge on any atom is -0.466 e. The van der Waals surface area contributed by atoms with Gasteiger partial charge >= 0.3 is 5.97 Å². The van der Waals surface area contributed by atoms with Gasteiger partial charge in [0.1, 0.15) is 0 Å². The Morgan fingerprint density at radius 2 is 0.667 bits per heavy atom. The van der Waals surface area contributed by atoms with E-state index >= 15 is 0 Å². The van der Waals surface area contributed by atoms with Crippen LogP contribution in [0.4, 0.5) is 0 Å². The van der Waals surface area contributed by atoms with Gasteiger partial charge in [-0.1, -0.05) is 334 Å². The van der Waals surface area contributed by atoms with Gasteiger partial charge in [0.05, 0.1) is 25.4 Å². The third-order valence-electron chi connectivity index (χ3n) is 16.0. The van der Waals surface area contributed by atoms with Crippen molar-refractivity contribution in [1.82, 2.24) is 5.32 Å². The predicted octanol–water partition coefficient (Wildman–Crippen LogP) is 21.8. The number of hydrogen-bond donors (Lipinski definition) is 3. The summed E-state index contributed by atoms with van der Waals surface area (Å²) >= 11 is 0. The van der Waals surface area contributed by atoms with Crippen molar-refractivity contribution in [2.75, 3.05) is 13.2 Å². The lowest BCUT2D eigenvalue weighted by molar-refractivity contribution is -0.143. The summed E-state index contributed by atoms with van der Waals surface area (Å²) in [6, 6.07) is -0.536. The zero-order chi connectivity index (χ0) is 54.3. The van der Waals surface area contributed by atoms with Crippen molar-refractivity contribution in [3.05, 3.63) is 24.3 Å². The van der Waals surface area contributed by atoms with Crippen molar-refractivity contribution in [2.24, 2.45) is 0 Å². The number of rotatable bonds is 64. The summed E-state index contributed by atoms with van der Waals surface area (Å²) in [5, 5.41) is 23.1. The molecule has 0 aromatic heterocycles. The van der Waals surface area contributed by atoms with Gasteiger partial charge in [0.15, 0.2) is 0 Å². The molecule has 0 saturated carbocycles. The van der Waals surface area contributed by atoms with Crippen LogP contribution in [0.1, 0.15) is 380 Å². The van der Waals surface area contributed by atoms with Crippen LogP contribution in [0.5, 0.6) is 0 Å². The Bertz CT molecular complexity index is 1170. The molecule has 3 N–H and O–H groups in total. The molecule has 0 spiro atoms. The summed E-state index contributed by atoms with van der Waals surface area (Å²) in [6.07, 6.45) is 81.0. The van der Waals surface area contributed by atoms with E-state index in [1.165, 1.54) is 302 Å². The number of carbonyl (C=O) groups excluding carboxylic acids is 2. The Morgan fingerprint density at radius 3 is 1.01 bits per heavy atom. The number of nitrogens with one attached hydrogen (secondary N) is 1. The second-order valence-electron chi connectivity index (χ2n) is 23.5. The van der Waals surface area contributed by atoms with Crippen molar-refractivity contribution in [3.63, 3.8) is 0 Å². The first-order valence-electron chi connectivity index (χ1n) is 34.1. The van der Waals surface area contributed by atoms with Crippen molar-refractivity contribution >= 4 is 11.9 Å². The highest BCUT2D eigenvalue weighted by atomic mass is 16.5. The molecule has 0 aromatic carbocycles. The molecule has 0 radical (unpaired) electrons. The highest BCUT2D eigenvalue weighted by Crippen LogP contribution is 2.18. The smallest absolute Gasteiger partial charge is 0.305 e. The maximum atomic E-state index is 12.4. The third kappa shape index (κ3) is 61.4. The molecule has 0 rings (SSSR count). The average molecular weight is 1060 g/mol. The van der Waals surface area contributed by atoms with Gasteiger partial charge in [0.2, 0.25) is 5.91 Å². The standard InChI is InChI=1S/C69H133NO5/c1-3-5-7-9-11-13-14-43-47-51-55-59-63-69(74)75-64-60-56-52-48-44-41-39-37-35-33-31-29-27-25-23-21-19-17-15-16-18-20-22-24-26-28-30-32-34-36-38-40-42-46-50-54-58-62-68(73)70-66(65-71)67(72)61-57-53-49-45-12-10-8-6-4-2/h15,17,21,23,66-67,71-72H,3-14,16,18-20,22,24-65H2,1-2H3,(H,70,73)/b17-15-,23-21-. The van der Waals surface area contributed by atoms with Crippen molar-refractivity contribution < 1.29 is 24.5 Å². The number of aliphatic hydroxyl groups excluding tert-OH is 2. The molecule has 2 atom stereocenters. The van der Waals surface area contributed by atoms with E-state index in [0.717, 1.165) is 44.9 Å². The summed E-state index contributed by atoms with van der Waals surface area (Å²) in [7, 11) is 0. The van der Waals surface area contributed by atoms with Gasteiger partial charge in [-0.05, 0) is 57.8 Å². The summed E-state index contributed by atoms with van der Waals surface area (Å²) in [5.74, 6) is -0.0133. The van der Waals surface area contributed by atoms with Crippen LogP contribution in [0.15, 0.2) is 24.3 Å². The van der Waals surface area contributed by atoms with Gasteiger partial charge in [-0.2, -0.15) is 0 Å². The van der Waals surface area contributed by atoms with Crippen LogP contribution in [-0.2, 0) is 14.3 Å². The van der Waals surface area contributed by atoms with Crippen LogP contribution >= 0.6 is 0 Å². The molecule has 0 fully saturated rings. The van der Waals surface area contributed by atoms with E-state index in [2.05, 4.69) is 43.5 Å². The average Bonchev–Trinajstić information content (AvgIpc) is 3.41. The van der Waals surface area contributed by atoms with Gasteiger partial charge in [-0.15, -0.1) is 0 Å². The molecule has 6 nitrogen and oxygen atoms in total. The molecule has 6 heteroatoms. The number of allylic oxidation sites excluding steroid dienone is 4. The third-order valence-corrected chi connectivity index (χ3v) is 16.0. The number of ether oxygens (including phenoxy) is 1. The molecule has 0 heterocycles. The maximum Gasteiger partial charge on any atom is 0.305 e. The first-order chi connectivity index (χ1) is 37.0. The van der Waals surface area contributed by atoms with E-state index in [1.807, 2.05) is 0 Å². The topological polar surface area (TPSA) is 95.9 Å². The fraction of sp³-hybridized carbons (Fsp3) is 0.913. The molecule has 0 aliphatic carbocycles. The molecule has 0 bridgehead atoms. The molecule has 0 aliphatic heterocycles. The Kier molecular flexibility index (Phi) is 63.4. The lowest BCUT2D eigenvalue weighted by Gasteiger charge is -2.22. The van der Waals surface area contributed by atoms with Gasteiger partial charge in [-0.25, -0.2) is 0 Å². The Balaban J connectivity index is 3.33. The fourth-order valence-electron chi connectivity index (χ4n) is 10.8. The quantitative estimate of drug-likeness (QED) is 0.0320. The van der Waals surface area contributed by atoms with E-state index in [-0.39, 0.29) is 18.5 Å². The summed E-state index contributed by atoms with van der Waals surface area (Å²) in [4.78, 5) is 24.4. The molecular weight excluding hydrogens is 923 g/mol. The van der Waals surface area contributed by atoms with Crippen molar-refractivity contribution in [3.8, 4) is 0 Å².